The molecule has 0 fully saturated rings. The maximum absolute atomic E-state index is 4.65. The Morgan fingerprint density at radius 2 is 2.00 bits per heavy atom. The van der Waals surface area contributed by atoms with E-state index in [0.717, 1.165) is 50.8 Å². The van der Waals surface area contributed by atoms with Crippen molar-refractivity contribution in [1.82, 2.24) is 25.3 Å². The van der Waals surface area contributed by atoms with Gasteiger partial charge in [0.2, 0.25) is 0 Å². The van der Waals surface area contributed by atoms with E-state index in [1.165, 1.54) is 17.5 Å². The molecule has 2 aromatic rings. The van der Waals surface area contributed by atoms with Gasteiger partial charge in [-0.1, -0.05) is 24.3 Å². The number of halogens is 1. The van der Waals surface area contributed by atoms with Crippen molar-refractivity contribution in [3.05, 3.63) is 53.3 Å². The molecule has 27 heavy (non-hydrogen) atoms. The van der Waals surface area contributed by atoms with E-state index in [9.17, 15) is 0 Å². The highest BCUT2D eigenvalue weighted by Crippen LogP contribution is 2.18. The molecular weight excluding hydrogens is 451 g/mol. The fourth-order valence-electron chi connectivity index (χ4n) is 3.31. The van der Waals surface area contributed by atoms with Gasteiger partial charge in [-0.05, 0) is 37.0 Å². The third-order valence-electron chi connectivity index (χ3n) is 4.82. The molecule has 0 aliphatic carbocycles. The first-order valence-corrected chi connectivity index (χ1v) is 9.54. The van der Waals surface area contributed by atoms with Crippen LogP contribution in [0.1, 0.15) is 30.2 Å². The zero-order valence-electron chi connectivity index (χ0n) is 16.3. The SMILES string of the molecule is CCNC(=NCc1ccnn1C)NCCCN1CCc2ccccc2C1.I. The fraction of sp³-hybridized carbons (Fsp3) is 0.500. The predicted octanol–water partition coefficient (Wildman–Crippen LogP) is 2.54. The van der Waals surface area contributed by atoms with Crippen molar-refractivity contribution >= 4 is 29.9 Å². The quantitative estimate of drug-likeness (QED) is 0.276. The maximum Gasteiger partial charge on any atom is 0.191 e. The van der Waals surface area contributed by atoms with Crippen LogP contribution in [0.4, 0.5) is 0 Å². The second-order valence-electron chi connectivity index (χ2n) is 6.72. The highest BCUT2D eigenvalue weighted by atomic mass is 127. The van der Waals surface area contributed by atoms with Crippen LogP contribution in [-0.2, 0) is 26.6 Å². The fourth-order valence-corrected chi connectivity index (χ4v) is 3.31. The number of aromatic nitrogens is 2. The summed E-state index contributed by atoms with van der Waals surface area (Å²) >= 11 is 0. The summed E-state index contributed by atoms with van der Waals surface area (Å²) in [5.74, 6) is 0.873. The van der Waals surface area contributed by atoms with Crippen LogP contribution >= 0.6 is 24.0 Å². The Kier molecular flexibility index (Phi) is 9.06. The van der Waals surface area contributed by atoms with E-state index in [-0.39, 0.29) is 24.0 Å². The lowest BCUT2D eigenvalue weighted by molar-refractivity contribution is 0.251. The maximum atomic E-state index is 4.65. The summed E-state index contributed by atoms with van der Waals surface area (Å²) < 4.78 is 1.86. The molecule has 0 amide bonds. The Morgan fingerprint density at radius 3 is 2.74 bits per heavy atom. The van der Waals surface area contributed by atoms with Gasteiger partial charge in [0.1, 0.15) is 0 Å². The van der Waals surface area contributed by atoms with Crippen LogP contribution in [0, 0.1) is 0 Å². The molecule has 0 bridgehead atoms. The number of aryl methyl sites for hydroxylation is 1. The van der Waals surface area contributed by atoms with Crippen LogP contribution in [0.15, 0.2) is 41.5 Å². The normalized spacial score (nSPS) is 14.4. The largest absolute Gasteiger partial charge is 0.357 e. The van der Waals surface area contributed by atoms with E-state index in [0.29, 0.717) is 6.54 Å². The van der Waals surface area contributed by atoms with Crippen LogP contribution in [-0.4, -0.2) is 46.8 Å². The van der Waals surface area contributed by atoms with E-state index < -0.39 is 0 Å². The first-order valence-electron chi connectivity index (χ1n) is 9.54. The molecule has 2 heterocycles. The van der Waals surface area contributed by atoms with Gasteiger partial charge in [0, 0.05) is 46.0 Å². The number of guanidine groups is 1. The van der Waals surface area contributed by atoms with Gasteiger partial charge >= 0.3 is 0 Å². The molecule has 1 aliphatic heterocycles. The van der Waals surface area contributed by atoms with Crippen molar-refractivity contribution in [2.24, 2.45) is 12.0 Å². The van der Waals surface area contributed by atoms with Crippen LogP contribution in [0.25, 0.3) is 0 Å². The van der Waals surface area contributed by atoms with E-state index in [4.69, 9.17) is 0 Å². The van der Waals surface area contributed by atoms with Crippen molar-refractivity contribution in [3.63, 3.8) is 0 Å². The Balaban J connectivity index is 0.00000261. The van der Waals surface area contributed by atoms with E-state index in [1.54, 1.807) is 0 Å². The molecular formula is C20H31IN6. The minimum Gasteiger partial charge on any atom is -0.357 e. The molecule has 6 nitrogen and oxygen atoms in total. The summed E-state index contributed by atoms with van der Waals surface area (Å²) in [7, 11) is 1.95. The monoisotopic (exact) mass is 482 g/mol. The van der Waals surface area contributed by atoms with E-state index >= 15 is 0 Å². The van der Waals surface area contributed by atoms with Crippen molar-refractivity contribution in [2.75, 3.05) is 26.2 Å². The lowest BCUT2D eigenvalue weighted by atomic mass is 10.00. The number of nitrogens with zero attached hydrogens (tertiary/aromatic N) is 4. The lowest BCUT2D eigenvalue weighted by Gasteiger charge is -2.28. The number of nitrogens with one attached hydrogen (secondary N) is 2. The number of fused-ring (bicyclic) bond motifs is 1. The van der Waals surface area contributed by atoms with Crippen molar-refractivity contribution in [2.45, 2.75) is 32.9 Å². The third-order valence-corrected chi connectivity index (χ3v) is 4.82. The van der Waals surface area contributed by atoms with Gasteiger partial charge in [-0.3, -0.25) is 9.58 Å². The number of aliphatic imine (C=N–C) groups is 1. The van der Waals surface area contributed by atoms with Crippen molar-refractivity contribution in [3.8, 4) is 0 Å². The average Bonchev–Trinajstić information content (AvgIpc) is 3.08. The standard InChI is InChI=1S/C20H30N6.HI/c1-3-21-20(23-15-19-9-12-24-25(19)2)22-11-6-13-26-14-10-17-7-4-5-8-18(17)16-26;/h4-5,7-9,12H,3,6,10-11,13-16H2,1-2H3,(H2,21,22,23);1H. The highest BCUT2D eigenvalue weighted by molar-refractivity contribution is 14.0. The number of rotatable bonds is 7. The third kappa shape index (κ3) is 6.49. The Bertz CT molecular complexity index is 727. The number of hydrogen-bond donors (Lipinski definition) is 2. The second-order valence-corrected chi connectivity index (χ2v) is 6.72. The second kappa shape index (κ2) is 11.3. The van der Waals surface area contributed by atoms with E-state index in [2.05, 4.69) is 56.8 Å². The first kappa shape index (κ1) is 21.7. The van der Waals surface area contributed by atoms with Gasteiger partial charge in [-0.25, -0.2) is 4.99 Å². The average molecular weight is 482 g/mol. The predicted molar refractivity (Wildman–Crippen MR) is 121 cm³/mol. The zero-order chi connectivity index (χ0) is 18.2. The zero-order valence-corrected chi connectivity index (χ0v) is 18.6. The van der Waals surface area contributed by atoms with Gasteiger partial charge in [-0.15, -0.1) is 24.0 Å². The topological polar surface area (TPSA) is 57.5 Å². The van der Waals surface area contributed by atoms with Gasteiger partial charge in [0.25, 0.3) is 0 Å². The summed E-state index contributed by atoms with van der Waals surface area (Å²) in [5, 5.41) is 10.9. The lowest BCUT2D eigenvalue weighted by Crippen LogP contribution is -2.39. The molecule has 2 N–H and O–H groups in total. The smallest absolute Gasteiger partial charge is 0.191 e. The molecule has 0 saturated carbocycles. The van der Waals surface area contributed by atoms with Gasteiger partial charge < -0.3 is 10.6 Å². The number of hydrogen-bond acceptors (Lipinski definition) is 3. The molecule has 148 valence electrons. The summed E-state index contributed by atoms with van der Waals surface area (Å²) in [6.07, 6.45) is 4.08. The molecule has 1 aromatic carbocycles. The molecule has 0 atom stereocenters. The summed E-state index contributed by atoms with van der Waals surface area (Å²) in [6, 6.07) is 10.8. The summed E-state index contributed by atoms with van der Waals surface area (Å²) in [5.41, 5.74) is 4.10. The van der Waals surface area contributed by atoms with Crippen LogP contribution in [0.3, 0.4) is 0 Å². The minimum atomic E-state index is 0. The summed E-state index contributed by atoms with van der Waals surface area (Å²) in [4.78, 5) is 7.20. The molecule has 0 unspecified atom stereocenters. The van der Waals surface area contributed by atoms with Crippen molar-refractivity contribution in [1.29, 1.82) is 0 Å². The van der Waals surface area contributed by atoms with Crippen molar-refractivity contribution < 1.29 is 0 Å². The van der Waals surface area contributed by atoms with Gasteiger partial charge in [0.15, 0.2) is 5.96 Å². The Morgan fingerprint density at radius 1 is 1.19 bits per heavy atom. The molecule has 1 aliphatic rings. The molecule has 3 rings (SSSR count). The molecule has 0 saturated heterocycles. The molecule has 1 aromatic heterocycles. The van der Waals surface area contributed by atoms with Crippen LogP contribution in [0.2, 0.25) is 0 Å². The Labute approximate surface area is 179 Å². The van der Waals surface area contributed by atoms with Crippen LogP contribution < -0.4 is 10.6 Å². The molecule has 0 spiro atoms. The minimum absolute atomic E-state index is 0. The number of benzene rings is 1. The van der Waals surface area contributed by atoms with Crippen LogP contribution in [0.5, 0.6) is 0 Å². The molecule has 0 radical (unpaired) electrons. The van der Waals surface area contributed by atoms with Gasteiger partial charge in [0.05, 0.1) is 12.2 Å². The Hall–Kier alpha value is -1.61. The highest BCUT2D eigenvalue weighted by Gasteiger charge is 2.14. The van der Waals surface area contributed by atoms with E-state index in [1.807, 2.05) is 24.0 Å². The summed E-state index contributed by atoms with van der Waals surface area (Å²) in [6.45, 7) is 7.86. The molecule has 7 heteroatoms. The van der Waals surface area contributed by atoms with Gasteiger partial charge in [-0.2, -0.15) is 5.10 Å². The first-order chi connectivity index (χ1) is 12.8.